The number of rotatable bonds is 5. The van der Waals surface area contributed by atoms with Gasteiger partial charge in [0, 0.05) is 29.7 Å². The van der Waals surface area contributed by atoms with Crippen LogP contribution in [0.2, 0.25) is 0 Å². The third-order valence-corrected chi connectivity index (χ3v) is 5.21. The summed E-state index contributed by atoms with van der Waals surface area (Å²) in [7, 11) is 0. The highest BCUT2D eigenvalue weighted by atomic mass is 16.6. The number of hydrogen-bond acceptors (Lipinski definition) is 6. The second kappa shape index (κ2) is 7.40. The van der Waals surface area contributed by atoms with Crippen LogP contribution in [0.1, 0.15) is 40.6 Å². The fraction of sp³-hybridized carbons (Fsp3) is 0.300. The lowest BCUT2D eigenvalue weighted by atomic mass is 9.96. The smallest absolute Gasteiger partial charge is 0.274 e. The van der Waals surface area contributed by atoms with Crippen molar-refractivity contribution in [3.63, 3.8) is 0 Å². The number of amides is 1. The first kappa shape index (κ1) is 18.1. The molecular formula is C20H20N4O4. The first-order chi connectivity index (χ1) is 13.5. The van der Waals surface area contributed by atoms with Crippen molar-refractivity contribution in [1.82, 2.24) is 9.88 Å². The van der Waals surface area contributed by atoms with E-state index in [-0.39, 0.29) is 17.2 Å². The van der Waals surface area contributed by atoms with E-state index in [0.717, 1.165) is 42.9 Å². The van der Waals surface area contributed by atoms with Gasteiger partial charge in [0.1, 0.15) is 5.52 Å². The average molecular weight is 380 g/mol. The molecule has 0 unspecified atom stereocenters. The molecule has 0 bridgehead atoms. The van der Waals surface area contributed by atoms with Crippen molar-refractivity contribution in [3.05, 3.63) is 69.6 Å². The molecule has 144 valence electrons. The molecule has 28 heavy (non-hydrogen) atoms. The van der Waals surface area contributed by atoms with Crippen molar-refractivity contribution in [2.24, 2.45) is 5.73 Å². The molecule has 8 heteroatoms. The lowest BCUT2D eigenvalue weighted by Gasteiger charge is -2.30. The second-order valence-corrected chi connectivity index (χ2v) is 7.04. The van der Waals surface area contributed by atoms with Crippen molar-refractivity contribution < 1.29 is 14.1 Å². The summed E-state index contributed by atoms with van der Waals surface area (Å²) in [5.74, 6) is 0.335. The molecule has 2 N–H and O–H groups in total. The quantitative estimate of drug-likeness (QED) is 0.537. The van der Waals surface area contributed by atoms with E-state index < -0.39 is 10.8 Å². The van der Waals surface area contributed by atoms with E-state index in [0.29, 0.717) is 12.1 Å². The zero-order valence-electron chi connectivity index (χ0n) is 15.2. The summed E-state index contributed by atoms with van der Waals surface area (Å²) >= 11 is 0. The molecule has 0 radical (unpaired) electrons. The van der Waals surface area contributed by atoms with E-state index in [4.69, 9.17) is 10.2 Å². The van der Waals surface area contributed by atoms with E-state index in [1.54, 1.807) is 6.07 Å². The Morgan fingerprint density at radius 2 is 2.00 bits per heavy atom. The van der Waals surface area contributed by atoms with Gasteiger partial charge in [0.25, 0.3) is 5.69 Å². The van der Waals surface area contributed by atoms with Gasteiger partial charge in [-0.2, -0.15) is 0 Å². The van der Waals surface area contributed by atoms with E-state index in [2.05, 4.69) is 9.88 Å². The number of fused-ring (bicyclic) bond motifs is 1. The number of benzene rings is 2. The molecule has 0 atom stereocenters. The van der Waals surface area contributed by atoms with Gasteiger partial charge in [-0.05, 0) is 44.1 Å². The van der Waals surface area contributed by atoms with Gasteiger partial charge < -0.3 is 10.2 Å². The van der Waals surface area contributed by atoms with Crippen molar-refractivity contribution in [2.45, 2.75) is 25.3 Å². The number of carbonyl (C=O) groups is 1. The largest absolute Gasteiger partial charge is 0.440 e. The summed E-state index contributed by atoms with van der Waals surface area (Å²) in [4.78, 5) is 29.0. The minimum atomic E-state index is -0.672. The van der Waals surface area contributed by atoms with Crippen LogP contribution in [0.5, 0.6) is 0 Å². The van der Waals surface area contributed by atoms with Crippen LogP contribution in [-0.4, -0.2) is 33.8 Å². The molecule has 8 nitrogen and oxygen atoms in total. The van der Waals surface area contributed by atoms with Crippen molar-refractivity contribution in [3.8, 4) is 0 Å². The molecule has 0 aliphatic carbocycles. The maximum absolute atomic E-state index is 11.4. The number of primary amides is 1. The third kappa shape index (κ3) is 3.59. The van der Waals surface area contributed by atoms with Crippen LogP contribution in [0.15, 0.2) is 46.9 Å². The third-order valence-electron chi connectivity index (χ3n) is 5.21. The molecule has 1 aromatic heterocycles. The summed E-state index contributed by atoms with van der Waals surface area (Å²) in [6.07, 6.45) is 1.75. The zero-order valence-corrected chi connectivity index (χ0v) is 15.2. The van der Waals surface area contributed by atoms with E-state index >= 15 is 0 Å². The molecule has 1 aliphatic heterocycles. The monoisotopic (exact) mass is 380 g/mol. The Kier molecular flexibility index (Phi) is 4.79. The van der Waals surface area contributed by atoms with Gasteiger partial charge in [-0.15, -0.1) is 0 Å². The molecule has 3 aromatic rings. The molecule has 1 saturated heterocycles. The number of piperidine rings is 1. The highest BCUT2D eigenvalue weighted by molar-refractivity contribution is 5.93. The first-order valence-corrected chi connectivity index (χ1v) is 9.16. The SMILES string of the molecule is NC(=O)c1ccc(CN2CCC(c3nc4ccccc4o3)CC2)c([N+](=O)[O-])c1. The Balaban J connectivity index is 1.44. The van der Waals surface area contributed by atoms with Gasteiger partial charge in [0.05, 0.1) is 4.92 Å². The number of hydrogen-bond donors (Lipinski definition) is 1. The predicted octanol–water partition coefficient (Wildman–Crippen LogP) is 3.21. The maximum atomic E-state index is 11.4. The normalized spacial score (nSPS) is 15.7. The Bertz CT molecular complexity index is 1000. The molecule has 1 aliphatic rings. The van der Waals surface area contributed by atoms with Crippen LogP contribution in [0, 0.1) is 10.1 Å². The minimum absolute atomic E-state index is 0.0719. The Labute approximate surface area is 161 Å². The van der Waals surface area contributed by atoms with Crippen LogP contribution in [-0.2, 0) is 6.54 Å². The van der Waals surface area contributed by atoms with Crippen LogP contribution in [0.25, 0.3) is 11.1 Å². The molecule has 0 spiro atoms. The van der Waals surface area contributed by atoms with E-state index in [1.807, 2.05) is 24.3 Å². The van der Waals surface area contributed by atoms with Gasteiger partial charge in [0.2, 0.25) is 5.91 Å². The van der Waals surface area contributed by atoms with Crippen molar-refractivity contribution >= 4 is 22.7 Å². The predicted molar refractivity (Wildman–Crippen MR) is 103 cm³/mol. The molecule has 2 aromatic carbocycles. The first-order valence-electron chi connectivity index (χ1n) is 9.16. The number of aromatic nitrogens is 1. The maximum Gasteiger partial charge on any atom is 0.274 e. The summed E-state index contributed by atoms with van der Waals surface area (Å²) in [5, 5.41) is 11.4. The highest BCUT2D eigenvalue weighted by Gasteiger charge is 2.26. The highest BCUT2D eigenvalue weighted by Crippen LogP contribution is 2.31. The van der Waals surface area contributed by atoms with Gasteiger partial charge in [-0.25, -0.2) is 4.98 Å². The van der Waals surface area contributed by atoms with Crippen LogP contribution in [0.3, 0.4) is 0 Å². The van der Waals surface area contributed by atoms with Crippen molar-refractivity contribution in [2.75, 3.05) is 13.1 Å². The molecule has 2 heterocycles. The number of oxazole rings is 1. The van der Waals surface area contributed by atoms with Crippen LogP contribution < -0.4 is 5.73 Å². The number of nitrogens with zero attached hydrogens (tertiary/aromatic N) is 3. The number of nitro groups is 1. The lowest BCUT2D eigenvalue weighted by molar-refractivity contribution is -0.385. The summed E-state index contributed by atoms with van der Waals surface area (Å²) in [5.41, 5.74) is 7.54. The van der Waals surface area contributed by atoms with E-state index in [1.165, 1.54) is 12.1 Å². The minimum Gasteiger partial charge on any atom is -0.440 e. The molecular weight excluding hydrogens is 360 g/mol. The van der Waals surface area contributed by atoms with Crippen LogP contribution in [0.4, 0.5) is 5.69 Å². The van der Waals surface area contributed by atoms with E-state index in [9.17, 15) is 14.9 Å². The van der Waals surface area contributed by atoms with Gasteiger partial charge in [0.15, 0.2) is 11.5 Å². The summed E-state index contributed by atoms with van der Waals surface area (Å²) < 4.78 is 5.88. The number of para-hydroxylation sites is 2. The van der Waals surface area contributed by atoms with Gasteiger partial charge in [-0.3, -0.25) is 19.8 Å². The topological polar surface area (TPSA) is 116 Å². The second-order valence-electron chi connectivity index (χ2n) is 7.04. The molecule has 0 saturated carbocycles. The zero-order chi connectivity index (χ0) is 19.7. The number of nitro benzene ring substituents is 1. The van der Waals surface area contributed by atoms with Gasteiger partial charge >= 0.3 is 0 Å². The van der Waals surface area contributed by atoms with Crippen LogP contribution >= 0.6 is 0 Å². The number of nitrogens with two attached hydrogens (primary N) is 1. The molecule has 1 fully saturated rings. The number of carbonyl (C=O) groups excluding carboxylic acids is 1. The average Bonchev–Trinajstić information content (AvgIpc) is 3.12. The molecule has 4 rings (SSSR count). The fourth-order valence-electron chi connectivity index (χ4n) is 3.66. The van der Waals surface area contributed by atoms with Crippen molar-refractivity contribution in [1.29, 1.82) is 0 Å². The Morgan fingerprint density at radius 3 is 2.68 bits per heavy atom. The fourth-order valence-corrected chi connectivity index (χ4v) is 3.66. The summed E-state index contributed by atoms with van der Waals surface area (Å²) in [6.45, 7) is 2.03. The van der Waals surface area contributed by atoms with Gasteiger partial charge in [-0.1, -0.05) is 18.2 Å². The standard InChI is InChI=1S/C20H20N4O4/c21-19(25)14-5-6-15(17(11-14)24(26)27)12-23-9-7-13(8-10-23)20-22-16-3-1-2-4-18(16)28-20/h1-6,11,13H,7-10,12H2,(H2,21,25). The Hall–Kier alpha value is -3.26. The Morgan fingerprint density at radius 1 is 1.25 bits per heavy atom. The number of likely N-dealkylation sites (tertiary alicyclic amines) is 1. The lowest BCUT2D eigenvalue weighted by Crippen LogP contribution is -2.32. The summed E-state index contributed by atoms with van der Waals surface area (Å²) in [6, 6.07) is 12.1. The molecule has 1 amide bonds.